The minimum Gasteiger partial charge on any atom is -0.490 e. The maximum absolute atomic E-state index is 5.71. The summed E-state index contributed by atoms with van der Waals surface area (Å²) in [6.07, 6.45) is 2.13. The standard InChI is InChI=1S/C20H33N3O2.HI/c1-6-24-17-9-8-16(14-18(17)25-7-2)10-12-22-19(21-5)23-13-11-20(3,4)15-23;/h8-9,14H,6-7,10-13,15H2,1-5H3,(H,21,22);1H. The van der Waals surface area contributed by atoms with Gasteiger partial charge >= 0.3 is 0 Å². The highest BCUT2D eigenvalue weighted by Crippen LogP contribution is 2.29. The molecule has 1 aromatic carbocycles. The zero-order valence-corrected chi connectivity index (χ0v) is 19.1. The molecule has 1 aliphatic rings. The quantitative estimate of drug-likeness (QED) is 0.369. The van der Waals surface area contributed by atoms with Gasteiger partial charge in [-0.3, -0.25) is 4.99 Å². The van der Waals surface area contributed by atoms with Gasteiger partial charge in [-0.05, 0) is 49.8 Å². The number of nitrogens with one attached hydrogen (secondary N) is 1. The van der Waals surface area contributed by atoms with Crippen molar-refractivity contribution in [2.45, 2.75) is 40.5 Å². The van der Waals surface area contributed by atoms with Crippen molar-refractivity contribution in [2.75, 3.05) is 39.9 Å². The van der Waals surface area contributed by atoms with Crippen molar-refractivity contribution < 1.29 is 9.47 Å². The van der Waals surface area contributed by atoms with Gasteiger partial charge in [-0.1, -0.05) is 19.9 Å². The van der Waals surface area contributed by atoms with Gasteiger partial charge in [-0.2, -0.15) is 0 Å². The maximum atomic E-state index is 5.71. The molecule has 1 aliphatic heterocycles. The average Bonchev–Trinajstić information content (AvgIpc) is 2.94. The molecule has 1 heterocycles. The van der Waals surface area contributed by atoms with Crippen LogP contribution in [0.3, 0.4) is 0 Å². The summed E-state index contributed by atoms with van der Waals surface area (Å²) in [4.78, 5) is 6.79. The molecule has 0 unspecified atom stereocenters. The van der Waals surface area contributed by atoms with Crippen LogP contribution in [0.1, 0.15) is 39.7 Å². The van der Waals surface area contributed by atoms with Crippen LogP contribution in [0.25, 0.3) is 0 Å². The SMILES string of the molecule is CCOc1ccc(CCNC(=NC)N2CCC(C)(C)C2)cc1OCC.I. The number of benzene rings is 1. The summed E-state index contributed by atoms with van der Waals surface area (Å²) in [6, 6.07) is 6.19. The van der Waals surface area contributed by atoms with Gasteiger partial charge < -0.3 is 19.7 Å². The summed E-state index contributed by atoms with van der Waals surface area (Å²) in [5.41, 5.74) is 1.61. The number of nitrogens with zero attached hydrogens (tertiary/aromatic N) is 2. The number of hydrogen-bond donors (Lipinski definition) is 1. The van der Waals surface area contributed by atoms with E-state index in [1.54, 1.807) is 0 Å². The molecule has 0 aromatic heterocycles. The van der Waals surface area contributed by atoms with Gasteiger partial charge in [0, 0.05) is 26.7 Å². The number of likely N-dealkylation sites (tertiary alicyclic amines) is 1. The van der Waals surface area contributed by atoms with Crippen molar-refractivity contribution in [1.82, 2.24) is 10.2 Å². The lowest BCUT2D eigenvalue weighted by Gasteiger charge is -2.23. The molecular formula is C20H34IN3O2. The molecule has 1 saturated heterocycles. The smallest absolute Gasteiger partial charge is 0.193 e. The first-order chi connectivity index (χ1) is 12.0. The summed E-state index contributed by atoms with van der Waals surface area (Å²) < 4.78 is 11.3. The Morgan fingerprint density at radius 2 is 1.88 bits per heavy atom. The van der Waals surface area contributed by atoms with E-state index in [4.69, 9.17) is 9.47 Å². The zero-order chi connectivity index (χ0) is 18.3. The third kappa shape index (κ3) is 6.52. The van der Waals surface area contributed by atoms with Crippen molar-refractivity contribution in [3.8, 4) is 11.5 Å². The molecule has 26 heavy (non-hydrogen) atoms. The van der Waals surface area contributed by atoms with Gasteiger partial charge in [-0.25, -0.2) is 0 Å². The summed E-state index contributed by atoms with van der Waals surface area (Å²) in [7, 11) is 1.86. The minimum atomic E-state index is 0. The number of hydrogen-bond acceptors (Lipinski definition) is 3. The predicted octanol–water partition coefficient (Wildman–Crippen LogP) is 3.95. The van der Waals surface area contributed by atoms with E-state index in [0.29, 0.717) is 18.6 Å². The van der Waals surface area contributed by atoms with E-state index >= 15 is 0 Å². The Hall–Kier alpha value is -1.18. The van der Waals surface area contributed by atoms with E-state index in [2.05, 4.69) is 41.2 Å². The maximum Gasteiger partial charge on any atom is 0.193 e. The molecule has 0 atom stereocenters. The zero-order valence-electron chi connectivity index (χ0n) is 16.8. The fraction of sp³-hybridized carbons (Fsp3) is 0.650. The molecular weight excluding hydrogens is 441 g/mol. The number of rotatable bonds is 7. The molecule has 0 amide bonds. The second kappa shape index (κ2) is 10.8. The van der Waals surface area contributed by atoms with Crippen LogP contribution in [0.5, 0.6) is 11.5 Å². The summed E-state index contributed by atoms with van der Waals surface area (Å²) in [6.45, 7) is 12.9. The highest BCUT2D eigenvalue weighted by molar-refractivity contribution is 14.0. The fourth-order valence-electron chi connectivity index (χ4n) is 3.20. The Morgan fingerprint density at radius 3 is 2.46 bits per heavy atom. The molecule has 0 aliphatic carbocycles. The van der Waals surface area contributed by atoms with E-state index in [0.717, 1.165) is 43.5 Å². The van der Waals surface area contributed by atoms with Crippen LogP contribution in [0.15, 0.2) is 23.2 Å². The van der Waals surface area contributed by atoms with Gasteiger partial charge in [0.1, 0.15) is 0 Å². The summed E-state index contributed by atoms with van der Waals surface area (Å²) in [5, 5.41) is 3.49. The molecule has 2 rings (SSSR count). The minimum absolute atomic E-state index is 0. The van der Waals surface area contributed by atoms with E-state index in [9.17, 15) is 0 Å². The van der Waals surface area contributed by atoms with Gasteiger partial charge in [0.05, 0.1) is 13.2 Å². The van der Waals surface area contributed by atoms with Crippen LogP contribution in [-0.4, -0.2) is 50.8 Å². The van der Waals surface area contributed by atoms with Crippen molar-refractivity contribution >= 4 is 29.9 Å². The second-order valence-corrected chi connectivity index (χ2v) is 7.21. The molecule has 0 bridgehead atoms. The Kier molecular flexibility index (Phi) is 9.54. The third-order valence-corrected chi connectivity index (χ3v) is 4.49. The summed E-state index contributed by atoms with van der Waals surface area (Å²) in [5.74, 6) is 2.64. The molecule has 0 saturated carbocycles. The number of halogens is 1. The lowest BCUT2D eigenvalue weighted by atomic mass is 9.93. The van der Waals surface area contributed by atoms with E-state index < -0.39 is 0 Å². The van der Waals surface area contributed by atoms with Gasteiger partial charge in [0.2, 0.25) is 0 Å². The normalized spacial score (nSPS) is 16.2. The van der Waals surface area contributed by atoms with Gasteiger partial charge in [0.15, 0.2) is 17.5 Å². The number of ether oxygens (including phenoxy) is 2. The monoisotopic (exact) mass is 475 g/mol. The molecule has 0 spiro atoms. The Labute approximate surface area is 175 Å². The van der Waals surface area contributed by atoms with Gasteiger partial charge in [-0.15, -0.1) is 24.0 Å². The largest absolute Gasteiger partial charge is 0.490 e. The summed E-state index contributed by atoms with van der Waals surface area (Å²) >= 11 is 0. The van der Waals surface area contributed by atoms with Crippen molar-refractivity contribution in [2.24, 2.45) is 10.4 Å². The second-order valence-electron chi connectivity index (χ2n) is 7.21. The molecule has 1 fully saturated rings. The van der Waals surface area contributed by atoms with Crippen molar-refractivity contribution in [3.05, 3.63) is 23.8 Å². The van der Waals surface area contributed by atoms with Crippen LogP contribution < -0.4 is 14.8 Å². The topological polar surface area (TPSA) is 46.1 Å². The molecule has 0 radical (unpaired) electrons. The van der Waals surface area contributed by atoms with Crippen molar-refractivity contribution in [3.63, 3.8) is 0 Å². The van der Waals surface area contributed by atoms with Crippen LogP contribution in [0, 0.1) is 5.41 Å². The van der Waals surface area contributed by atoms with Gasteiger partial charge in [0.25, 0.3) is 0 Å². The highest BCUT2D eigenvalue weighted by Gasteiger charge is 2.30. The lowest BCUT2D eigenvalue weighted by Crippen LogP contribution is -2.41. The van der Waals surface area contributed by atoms with E-state index in [-0.39, 0.29) is 24.0 Å². The fourth-order valence-corrected chi connectivity index (χ4v) is 3.20. The van der Waals surface area contributed by atoms with Crippen LogP contribution in [-0.2, 0) is 6.42 Å². The molecule has 5 nitrogen and oxygen atoms in total. The van der Waals surface area contributed by atoms with Crippen LogP contribution in [0.4, 0.5) is 0 Å². The van der Waals surface area contributed by atoms with Crippen molar-refractivity contribution in [1.29, 1.82) is 0 Å². The van der Waals surface area contributed by atoms with E-state index in [1.807, 2.05) is 27.0 Å². The Bertz CT molecular complexity index is 590. The van der Waals surface area contributed by atoms with Crippen LogP contribution >= 0.6 is 24.0 Å². The molecule has 1 N–H and O–H groups in total. The van der Waals surface area contributed by atoms with Crippen LogP contribution in [0.2, 0.25) is 0 Å². The highest BCUT2D eigenvalue weighted by atomic mass is 127. The molecule has 1 aromatic rings. The number of aliphatic imine (C=N–C) groups is 1. The Balaban J connectivity index is 0.00000338. The van der Waals surface area contributed by atoms with E-state index in [1.165, 1.54) is 12.0 Å². The lowest BCUT2D eigenvalue weighted by molar-refractivity contribution is 0.287. The molecule has 6 heteroatoms. The Morgan fingerprint density at radius 1 is 1.19 bits per heavy atom. The first-order valence-corrected chi connectivity index (χ1v) is 9.33. The first kappa shape index (κ1) is 22.9. The third-order valence-electron chi connectivity index (χ3n) is 4.49. The predicted molar refractivity (Wildman–Crippen MR) is 119 cm³/mol. The number of guanidine groups is 1. The first-order valence-electron chi connectivity index (χ1n) is 9.33. The molecule has 148 valence electrons. The average molecular weight is 475 g/mol.